The lowest BCUT2D eigenvalue weighted by atomic mass is 10.1. The van der Waals surface area contributed by atoms with E-state index in [2.05, 4.69) is 68.6 Å². The van der Waals surface area contributed by atoms with Gasteiger partial charge in [-0.15, -0.1) is 0 Å². The average molecular weight is 433 g/mol. The Morgan fingerprint density at radius 3 is 2.45 bits per heavy atom. The lowest BCUT2D eigenvalue weighted by Gasteiger charge is -2.18. The fourth-order valence-corrected chi connectivity index (χ4v) is 3.56. The number of nitrogens with one attached hydrogen (secondary N) is 2. The van der Waals surface area contributed by atoms with E-state index in [1.807, 2.05) is 30.3 Å². The predicted octanol–water partition coefficient (Wildman–Crippen LogP) is 5.88. The number of fused-ring (bicyclic) bond motifs is 1. The molecule has 0 aliphatic heterocycles. The number of anilines is 4. The normalized spacial score (nSPS) is 10.8. The maximum Gasteiger partial charge on any atom is 0.227 e. The van der Waals surface area contributed by atoms with Crippen molar-refractivity contribution in [2.75, 3.05) is 28.6 Å². The van der Waals surface area contributed by atoms with Gasteiger partial charge in [-0.2, -0.15) is 4.98 Å². The highest BCUT2D eigenvalue weighted by atomic mass is 35.5. The van der Waals surface area contributed by atoms with E-state index in [1.54, 1.807) is 12.4 Å². The molecule has 2 aromatic heterocycles. The van der Waals surface area contributed by atoms with Crippen LogP contribution in [0.25, 0.3) is 10.9 Å². The smallest absolute Gasteiger partial charge is 0.227 e. The molecule has 0 aliphatic rings. The molecule has 0 radical (unpaired) electrons. The maximum atomic E-state index is 6.08. The molecule has 2 heterocycles. The molecule has 7 heteroatoms. The number of aromatic nitrogens is 3. The summed E-state index contributed by atoms with van der Waals surface area (Å²) in [6.45, 7) is 6.66. The number of rotatable bonds is 8. The van der Waals surface area contributed by atoms with Crippen molar-refractivity contribution >= 4 is 45.6 Å². The summed E-state index contributed by atoms with van der Waals surface area (Å²) in [6, 6.07) is 17.9. The summed E-state index contributed by atoms with van der Waals surface area (Å²) in [5.74, 6) is 1.57. The SMILES string of the molecule is CCN(CC)c1nccc(NCc2ccc(Nc3ccnc4cc(Cl)ccc34)cc2)n1. The van der Waals surface area contributed by atoms with Crippen molar-refractivity contribution in [2.24, 2.45) is 0 Å². The molecule has 0 aliphatic carbocycles. The molecular formula is C24H25ClN6. The second-order valence-electron chi connectivity index (χ2n) is 7.11. The molecule has 4 rings (SSSR count). The standard InChI is InChI=1S/C24H25ClN6/c1-3-31(4-2)24-27-14-12-23(30-24)28-16-17-5-8-19(9-6-17)29-21-11-13-26-22-15-18(25)7-10-20(21)22/h5-15H,3-4,16H2,1-2H3,(H,26,29)(H,27,28,30). The predicted molar refractivity (Wildman–Crippen MR) is 129 cm³/mol. The van der Waals surface area contributed by atoms with E-state index in [9.17, 15) is 0 Å². The molecule has 0 saturated carbocycles. The summed E-state index contributed by atoms with van der Waals surface area (Å²) in [6.07, 6.45) is 3.58. The van der Waals surface area contributed by atoms with Crippen LogP contribution >= 0.6 is 11.6 Å². The van der Waals surface area contributed by atoms with Crippen molar-refractivity contribution in [3.05, 3.63) is 77.6 Å². The Bertz CT molecular complexity index is 1160. The maximum absolute atomic E-state index is 6.08. The lowest BCUT2D eigenvalue weighted by molar-refractivity contribution is 0.821. The molecule has 0 spiro atoms. The highest BCUT2D eigenvalue weighted by molar-refractivity contribution is 6.31. The van der Waals surface area contributed by atoms with Gasteiger partial charge in [0.1, 0.15) is 5.82 Å². The van der Waals surface area contributed by atoms with E-state index >= 15 is 0 Å². The molecule has 31 heavy (non-hydrogen) atoms. The Morgan fingerprint density at radius 2 is 1.68 bits per heavy atom. The highest BCUT2D eigenvalue weighted by Gasteiger charge is 2.06. The van der Waals surface area contributed by atoms with Crippen LogP contribution in [0.5, 0.6) is 0 Å². The molecule has 0 bridgehead atoms. The molecule has 4 aromatic rings. The lowest BCUT2D eigenvalue weighted by Crippen LogP contribution is -2.24. The van der Waals surface area contributed by atoms with Gasteiger partial charge < -0.3 is 15.5 Å². The first-order valence-corrected chi connectivity index (χ1v) is 10.8. The van der Waals surface area contributed by atoms with Gasteiger partial charge in [0.05, 0.1) is 5.52 Å². The topological polar surface area (TPSA) is 66.0 Å². The molecular weight excluding hydrogens is 408 g/mol. The van der Waals surface area contributed by atoms with Gasteiger partial charge in [0.2, 0.25) is 5.95 Å². The van der Waals surface area contributed by atoms with Gasteiger partial charge in [-0.1, -0.05) is 23.7 Å². The zero-order valence-electron chi connectivity index (χ0n) is 17.6. The number of hydrogen-bond acceptors (Lipinski definition) is 6. The van der Waals surface area contributed by atoms with Crippen LogP contribution in [0.4, 0.5) is 23.1 Å². The summed E-state index contributed by atoms with van der Waals surface area (Å²) < 4.78 is 0. The Balaban J connectivity index is 1.42. The van der Waals surface area contributed by atoms with Crippen LogP contribution in [0.2, 0.25) is 5.02 Å². The second-order valence-corrected chi connectivity index (χ2v) is 7.55. The summed E-state index contributed by atoms with van der Waals surface area (Å²) in [4.78, 5) is 15.5. The summed E-state index contributed by atoms with van der Waals surface area (Å²) in [7, 11) is 0. The third-order valence-corrected chi connectivity index (χ3v) is 5.34. The Labute approximate surface area is 187 Å². The van der Waals surface area contributed by atoms with Crippen LogP contribution in [0.3, 0.4) is 0 Å². The van der Waals surface area contributed by atoms with Crippen molar-refractivity contribution in [2.45, 2.75) is 20.4 Å². The van der Waals surface area contributed by atoms with Crippen LogP contribution in [0.15, 0.2) is 67.0 Å². The number of nitrogens with zero attached hydrogens (tertiary/aromatic N) is 4. The van der Waals surface area contributed by atoms with Crippen molar-refractivity contribution in [1.82, 2.24) is 15.0 Å². The molecule has 2 aromatic carbocycles. The number of pyridine rings is 1. The van der Waals surface area contributed by atoms with Gasteiger partial charge in [-0.25, -0.2) is 4.98 Å². The minimum absolute atomic E-state index is 0.682. The van der Waals surface area contributed by atoms with Gasteiger partial charge in [-0.3, -0.25) is 4.98 Å². The van der Waals surface area contributed by atoms with Crippen LogP contribution in [0, 0.1) is 0 Å². The zero-order valence-corrected chi connectivity index (χ0v) is 18.4. The van der Waals surface area contributed by atoms with Crippen LogP contribution in [-0.2, 0) is 6.54 Å². The van der Waals surface area contributed by atoms with E-state index < -0.39 is 0 Å². The third-order valence-electron chi connectivity index (χ3n) is 5.10. The molecule has 0 amide bonds. The first kappa shape index (κ1) is 20.9. The average Bonchev–Trinajstić information content (AvgIpc) is 2.80. The number of benzene rings is 2. The Hall–Kier alpha value is -3.38. The van der Waals surface area contributed by atoms with Crippen LogP contribution in [-0.4, -0.2) is 28.0 Å². The molecule has 0 fully saturated rings. The molecule has 6 nitrogen and oxygen atoms in total. The van der Waals surface area contributed by atoms with E-state index in [-0.39, 0.29) is 0 Å². The van der Waals surface area contributed by atoms with Gasteiger partial charge in [-0.05, 0) is 61.9 Å². The fraction of sp³-hybridized carbons (Fsp3) is 0.208. The summed E-state index contributed by atoms with van der Waals surface area (Å²) in [5.41, 5.74) is 4.04. The third kappa shape index (κ3) is 5.03. The highest BCUT2D eigenvalue weighted by Crippen LogP contribution is 2.27. The molecule has 0 unspecified atom stereocenters. The van der Waals surface area contributed by atoms with Crippen molar-refractivity contribution in [1.29, 1.82) is 0 Å². The van der Waals surface area contributed by atoms with E-state index in [4.69, 9.17) is 11.6 Å². The quantitative estimate of drug-likeness (QED) is 0.362. The largest absolute Gasteiger partial charge is 0.366 e. The first-order valence-electron chi connectivity index (χ1n) is 10.4. The van der Waals surface area contributed by atoms with Crippen molar-refractivity contribution in [3.8, 4) is 0 Å². The van der Waals surface area contributed by atoms with Gasteiger partial charge in [0, 0.05) is 53.8 Å². The Morgan fingerprint density at radius 1 is 0.903 bits per heavy atom. The van der Waals surface area contributed by atoms with E-state index in [0.717, 1.165) is 47.1 Å². The number of hydrogen-bond donors (Lipinski definition) is 2. The van der Waals surface area contributed by atoms with Crippen molar-refractivity contribution in [3.63, 3.8) is 0 Å². The van der Waals surface area contributed by atoms with Gasteiger partial charge in [0.25, 0.3) is 0 Å². The fourth-order valence-electron chi connectivity index (χ4n) is 3.39. The minimum Gasteiger partial charge on any atom is -0.366 e. The second kappa shape index (κ2) is 9.62. The number of halogens is 1. The summed E-state index contributed by atoms with van der Waals surface area (Å²) in [5, 5.41) is 8.57. The van der Waals surface area contributed by atoms with Crippen LogP contribution < -0.4 is 15.5 Å². The van der Waals surface area contributed by atoms with Crippen LogP contribution in [0.1, 0.15) is 19.4 Å². The minimum atomic E-state index is 0.682. The zero-order chi connectivity index (χ0) is 21.6. The first-order chi connectivity index (χ1) is 15.2. The van der Waals surface area contributed by atoms with E-state index in [0.29, 0.717) is 11.6 Å². The van der Waals surface area contributed by atoms with Crippen molar-refractivity contribution < 1.29 is 0 Å². The molecule has 0 atom stereocenters. The summed E-state index contributed by atoms with van der Waals surface area (Å²) >= 11 is 6.08. The van der Waals surface area contributed by atoms with Gasteiger partial charge in [0.15, 0.2) is 0 Å². The Kier molecular flexibility index (Phi) is 6.48. The van der Waals surface area contributed by atoms with E-state index in [1.165, 1.54) is 5.56 Å². The monoisotopic (exact) mass is 432 g/mol. The molecule has 158 valence electrons. The molecule has 0 saturated heterocycles. The molecule has 2 N–H and O–H groups in total. The van der Waals surface area contributed by atoms with Gasteiger partial charge >= 0.3 is 0 Å².